The van der Waals surface area contributed by atoms with Crippen LogP contribution in [-0.2, 0) is 13.1 Å². The average molecular weight is 341 g/mol. The van der Waals surface area contributed by atoms with Gasteiger partial charge in [0.2, 0.25) is 0 Å². The molecule has 128 valence electrons. The number of nitriles is 1. The summed E-state index contributed by atoms with van der Waals surface area (Å²) in [6, 6.07) is 14.5. The van der Waals surface area contributed by atoms with Crippen LogP contribution in [0.3, 0.4) is 0 Å². The molecule has 1 aliphatic heterocycles. The maximum atomic E-state index is 9.27. The van der Waals surface area contributed by atoms with E-state index in [1.807, 2.05) is 48.8 Å². The number of rotatable bonds is 3. The zero-order valence-corrected chi connectivity index (χ0v) is 14.4. The molecule has 5 nitrogen and oxygen atoms in total. The van der Waals surface area contributed by atoms with Crippen molar-refractivity contribution < 1.29 is 0 Å². The topological polar surface area (TPSA) is 66.5 Å². The molecule has 0 bridgehead atoms. The van der Waals surface area contributed by atoms with Gasteiger partial charge in [0.15, 0.2) is 0 Å². The molecule has 1 fully saturated rings. The summed E-state index contributed by atoms with van der Waals surface area (Å²) in [5, 5.41) is 18.0. The van der Waals surface area contributed by atoms with Crippen molar-refractivity contribution in [2.24, 2.45) is 5.92 Å². The third kappa shape index (κ3) is 2.59. The minimum absolute atomic E-state index is 0.519. The second-order valence-corrected chi connectivity index (χ2v) is 7.11. The Hall–Kier alpha value is -2.97. The molecule has 2 aromatic heterocycles. The molecule has 5 heteroatoms. The summed E-state index contributed by atoms with van der Waals surface area (Å²) in [5.41, 5.74) is 6.06. The highest BCUT2D eigenvalue weighted by Crippen LogP contribution is 2.39. The number of aromatic nitrogens is 3. The smallest absolute Gasteiger partial charge is 0.101 e. The number of nitrogens with one attached hydrogen (secondary N) is 1. The van der Waals surface area contributed by atoms with Crippen LogP contribution in [0.4, 0.5) is 0 Å². The second kappa shape index (κ2) is 6.08. The van der Waals surface area contributed by atoms with E-state index in [1.54, 1.807) is 0 Å². The molecule has 2 aliphatic rings. The molecule has 0 spiro atoms. The van der Waals surface area contributed by atoms with Crippen molar-refractivity contribution in [3.05, 3.63) is 60.0 Å². The first-order valence-electron chi connectivity index (χ1n) is 9.07. The fraction of sp³-hybridized carbons (Fsp3) is 0.286. The molecule has 1 atom stereocenters. The van der Waals surface area contributed by atoms with Crippen molar-refractivity contribution in [2.75, 3.05) is 0 Å². The highest BCUT2D eigenvalue weighted by molar-refractivity contribution is 5.83. The Kier molecular flexibility index (Phi) is 3.58. The third-order valence-corrected chi connectivity index (χ3v) is 5.38. The van der Waals surface area contributed by atoms with Crippen LogP contribution in [0.5, 0.6) is 0 Å². The van der Waals surface area contributed by atoms with Gasteiger partial charge in [-0.15, -0.1) is 0 Å². The lowest BCUT2D eigenvalue weighted by Crippen LogP contribution is -2.40. The molecule has 26 heavy (non-hydrogen) atoms. The van der Waals surface area contributed by atoms with Crippen molar-refractivity contribution in [3.8, 4) is 28.5 Å². The van der Waals surface area contributed by atoms with Crippen LogP contribution in [-0.4, -0.2) is 20.8 Å². The number of hydrogen-bond donors (Lipinski definition) is 1. The predicted octanol–water partition coefficient (Wildman–Crippen LogP) is 3.37. The summed E-state index contributed by atoms with van der Waals surface area (Å²) < 4.78 is 2.17. The maximum absolute atomic E-state index is 9.27. The SMILES string of the molecule is N#Cc1cccc(-c2nn3c(c2-c2ccncc2)CN[C@H](C2CC2)C3)c1. The van der Waals surface area contributed by atoms with Crippen LogP contribution in [0.2, 0.25) is 0 Å². The molecule has 3 aromatic rings. The fourth-order valence-corrected chi connectivity index (χ4v) is 3.88. The molecule has 0 saturated heterocycles. The lowest BCUT2D eigenvalue weighted by Gasteiger charge is -2.25. The van der Waals surface area contributed by atoms with Gasteiger partial charge in [0.1, 0.15) is 5.69 Å². The minimum Gasteiger partial charge on any atom is -0.306 e. The van der Waals surface area contributed by atoms with Gasteiger partial charge in [0.25, 0.3) is 0 Å². The highest BCUT2D eigenvalue weighted by Gasteiger charge is 2.35. The van der Waals surface area contributed by atoms with Gasteiger partial charge in [0, 0.05) is 36.1 Å². The van der Waals surface area contributed by atoms with Gasteiger partial charge in [-0.1, -0.05) is 12.1 Å². The monoisotopic (exact) mass is 341 g/mol. The van der Waals surface area contributed by atoms with Crippen molar-refractivity contribution in [3.63, 3.8) is 0 Å². The summed E-state index contributed by atoms with van der Waals surface area (Å²) in [4.78, 5) is 4.15. The maximum Gasteiger partial charge on any atom is 0.101 e. The van der Waals surface area contributed by atoms with Crippen LogP contribution in [0.15, 0.2) is 48.8 Å². The van der Waals surface area contributed by atoms with Crippen LogP contribution in [0.1, 0.15) is 24.1 Å². The van der Waals surface area contributed by atoms with Gasteiger partial charge in [-0.2, -0.15) is 10.4 Å². The summed E-state index contributed by atoms with van der Waals surface area (Å²) in [6.07, 6.45) is 6.28. The summed E-state index contributed by atoms with van der Waals surface area (Å²) in [7, 11) is 0. The molecule has 0 amide bonds. The Morgan fingerprint density at radius 2 is 1.96 bits per heavy atom. The first-order valence-corrected chi connectivity index (χ1v) is 9.07. The van der Waals surface area contributed by atoms with Crippen molar-refractivity contribution >= 4 is 0 Å². The first-order chi connectivity index (χ1) is 12.8. The van der Waals surface area contributed by atoms with E-state index in [0.29, 0.717) is 11.6 Å². The van der Waals surface area contributed by atoms with Gasteiger partial charge in [-0.25, -0.2) is 0 Å². The standard InChI is InChI=1S/C21H19N5/c22-11-14-2-1-3-17(10-14)21-20(16-6-8-23-9-7-16)19-12-24-18(15-4-5-15)13-26(19)25-21/h1-3,6-10,15,18,24H,4-5,12-13H2/t18-/m0/s1. The fourth-order valence-electron chi connectivity index (χ4n) is 3.88. The van der Waals surface area contributed by atoms with E-state index in [0.717, 1.165) is 41.4 Å². The Bertz CT molecular complexity index is 995. The lowest BCUT2D eigenvalue weighted by atomic mass is 9.98. The van der Waals surface area contributed by atoms with E-state index < -0.39 is 0 Å². The number of pyridine rings is 1. The van der Waals surface area contributed by atoms with Crippen LogP contribution < -0.4 is 5.32 Å². The van der Waals surface area contributed by atoms with Gasteiger partial charge in [-0.05, 0) is 48.6 Å². The van der Waals surface area contributed by atoms with E-state index in [1.165, 1.54) is 18.5 Å². The summed E-state index contributed by atoms with van der Waals surface area (Å²) in [5.74, 6) is 0.794. The predicted molar refractivity (Wildman–Crippen MR) is 99.0 cm³/mol. The Labute approximate surface area is 152 Å². The molecule has 1 aromatic carbocycles. The number of hydrogen-bond acceptors (Lipinski definition) is 4. The molecule has 1 saturated carbocycles. The van der Waals surface area contributed by atoms with Gasteiger partial charge in [0.05, 0.1) is 23.9 Å². The van der Waals surface area contributed by atoms with E-state index in [-0.39, 0.29) is 0 Å². The highest BCUT2D eigenvalue weighted by atomic mass is 15.3. The molecular weight excluding hydrogens is 322 g/mol. The Morgan fingerprint density at radius 1 is 1.12 bits per heavy atom. The molecule has 0 unspecified atom stereocenters. The quantitative estimate of drug-likeness (QED) is 0.793. The number of nitrogens with zero attached hydrogens (tertiary/aromatic N) is 4. The second-order valence-electron chi connectivity index (χ2n) is 7.11. The van der Waals surface area contributed by atoms with Gasteiger partial charge < -0.3 is 5.32 Å². The van der Waals surface area contributed by atoms with Crippen LogP contribution in [0.25, 0.3) is 22.4 Å². The van der Waals surface area contributed by atoms with Crippen LogP contribution >= 0.6 is 0 Å². The van der Waals surface area contributed by atoms with Crippen molar-refractivity contribution in [1.29, 1.82) is 5.26 Å². The zero-order valence-electron chi connectivity index (χ0n) is 14.4. The minimum atomic E-state index is 0.519. The normalized spacial score (nSPS) is 19.0. The lowest BCUT2D eigenvalue weighted by molar-refractivity contribution is 0.339. The van der Waals surface area contributed by atoms with E-state index in [4.69, 9.17) is 5.10 Å². The van der Waals surface area contributed by atoms with E-state index in [9.17, 15) is 5.26 Å². The van der Waals surface area contributed by atoms with Gasteiger partial charge in [-0.3, -0.25) is 9.67 Å². The molecule has 1 N–H and O–H groups in total. The summed E-state index contributed by atoms with van der Waals surface area (Å²) >= 11 is 0. The van der Waals surface area contributed by atoms with Gasteiger partial charge >= 0.3 is 0 Å². The zero-order chi connectivity index (χ0) is 17.5. The van der Waals surface area contributed by atoms with Crippen LogP contribution in [0, 0.1) is 17.2 Å². The number of fused-ring (bicyclic) bond motifs is 1. The third-order valence-electron chi connectivity index (χ3n) is 5.38. The Balaban J connectivity index is 1.67. The largest absolute Gasteiger partial charge is 0.306 e. The molecule has 3 heterocycles. The van der Waals surface area contributed by atoms with Crippen molar-refractivity contribution in [1.82, 2.24) is 20.1 Å². The van der Waals surface area contributed by atoms with E-state index >= 15 is 0 Å². The molecule has 0 radical (unpaired) electrons. The van der Waals surface area contributed by atoms with E-state index in [2.05, 4.69) is 21.1 Å². The Morgan fingerprint density at radius 3 is 2.73 bits per heavy atom. The molecule has 5 rings (SSSR count). The summed E-state index contributed by atoms with van der Waals surface area (Å²) in [6.45, 7) is 1.74. The number of benzene rings is 1. The first kappa shape index (κ1) is 15.3. The average Bonchev–Trinajstić information content (AvgIpc) is 3.48. The molecule has 1 aliphatic carbocycles. The molecular formula is C21H19N5. The van der Waals surface area contributed by atoms with Crippen molar-refractivity contribution in [2.45, 2.75) is 32.0 Å².